The van der Waals surface area contributed by atoms with Gasteiger partial charge in [-0.25, -0.2) is 0 Å². The summed E-state index contributed by atoms with van der Waals surface area (Å²) in [5.74, 6) is 0.155. The normalized spacial score (nSPS) is 19.9. The number of benzene rings is 1. The fraction of sp³-hybridized carbons (Fsp3) is 0.118. The highest BCUT2D eigenvalue weighted by atomic mass is 16.1. The maximum atomic E-state index is 12.7. The second-order valence-corrected chi connectivity index (χ2v) is 5.00. The van der Waals surface area contributed by atoms with Crippen molar-refractivity contribution < 1.29 is 4.79 Å². The molecule has 19 heavy (non-hydrogen) atoms. The van der Waals surface area contributed by atoms with Gasteiger partial charge in [-0.1, -0.05) is 42.5 Å². The van der Waals surface area contributed by atoms with E-state index in [1.807, 2.05) is 30.3 Å². The second-order valence-electron chi connectivity index (χ2n) is 5.00. The number of ketones is 1. The van der Waals surface area contributed by atoms with Crippen LogP contribution in [-0.2, 0) is 6.42 Å². The van der Waals surface area contributed by atoms with Gasteiger partial charge in [-0.2, -0.15) is 0 Å². The Morgan fingerprint density at radius 2 is 2.00 bits per heavy atom. The highest BCUT2D eigenvalue weighted by molar-refractivity contribution is 6.11. The van der Waals surface area contributed by atoms with Gasteiger partial charge in [0.15, 0.2) is 0 Å². The van der Waals surface area contributed by atoms with Gasteiger partial charge in [0.1, 0.15) is 0 Å². The maximum Gasteiger partial charge on any atom is 0.209 e. The van der Waals surface area contributed by atoms with Crippen molar-refractivity contribution in [2.45, 2.75) is 6.42 Å². The molecule has 0 N–H and O–H groups in total. The molecule has 2 nitrogen and oxygen atoms in total. The third kappa shape index (κ3) is 1.46. The summed E-state index contributed by atoms with van der Waals surface area (Å²) in [6.45, 7) is 0.781. The summed E-state index contributed by atoms with van der Waals surface area (Å²) in [6.07, 6.45) is 11.2. The predicted molar refractivity (Wildman–Crippen MR) is 74.6 cm³/mol. The van der Waals surface area contributed by atoms with E-state index < -0.39 is 0 Å². The Kier molecular flexibility index (Phi) is 2.12. The average molecular weight is 247 g/mol. The van der Waals surface area contributed by atoms with Gasteiger partial charge in [0.25, 0.3) is 0 Å². The summed E-state index contributed by atoms with van der Waals surface area (Å²) in [6, 6.07) is 7.92. The number of Topliss-reactive ketones (excluding diaryl/α,β-unsaturated/α-hetero) is 1. The third-order valence-corrected chi connectivity index (χ3v) is 3.89. The summed E-state index contributed by atoms with van der Waals surface area (Å²) in [5.41, 5.74) is 5.09. The molecular weight excluding hydrogens is 234 g/mol. The molecule has 2 aliphatic heterocycles. The second kappa shape index (κ2) is 3.82. The Labute approximate surface area is 112 Å². The van der Waals surface area contributed by atoms with E-state index in [2.05, 4.69) is 29.2 Å². The van der Waals surface area contributed by atoms with Crippen LogP contribution in [0.1, 0.15) is 15.9 Å². The first-order chi connectivity index (χ1) is 9.34. The Hall–Kier alpha value is -2.35. The van der Waals surface area contributed by atoms with Gasteiger partial charge >= 0.3 is 0 Å². The van der Waals surface area contributed by atoms with Gasteiger partial charge in [0, 0.05) is 24.2 Å². The minimum absolute atomic E-state index is 0.155. The average Bonchev–Trinajstić information content (AvgIpc) is 2.47. The smallest absolute Gasteiger partial charge is 0.209 e. The first-order valence-corrected chi connectivity index (χ1v) is 6.53. The molecule has 0 unspecified atom stereocenters. The van der Waals surface area contributed by atoms with Crippen LogP contribution in [0.25, 0.3) is 0 Å². The minimum atomic E-state index is 0.155. The first kappa shape index (κ1) is 10.6. The van der Waals surface area contributed by atoms with Crippen molar-refractivity contribution >= 4 is 5.78 Å². The summed E-state index contributed by atoms with van der Waals surface area (Å²) < 4.78 is 0. The van der Waals surface area contributed by atoms with E-state index in [-0.39, 0.29) is 5.78 Å². The van der Waals surface area contributed by atoms with E-state index in [1.165, 1.54) is 0 Å². The number of carbonyl (C=O) groups is 1. The number of carbonyl (C=O) groups excluding carboxylic acids is 1. The summed E-state index contributed by atoms with van der Waals surface area (Å²) in [7, 11) is 0. The Bertz CT molecular complexity index is 704. The van der Waals surface area contributed by atoms with Crippen molar-refractivity contribution in [2.75, 3.05) is 6.54 Å². The van der Waals surface area contributed by atoms with E-state index in [0.717, 1.165) is 41.1 Å². The molecule has 1 aromatic carbocycles. The van der Waals surface area contributed by atoms with E-state index >= 15 is 0 Å². The lowest BCUT2D eigenvalue weighted by Crippen LogP contribution is -2.34. The standard InChI is InChI=1S/C17H13NO/c19-17-15-7-2-1-5-12(15)11-13-8-9-14-6-3-4-10-18(14)16(13)17/h1-9H,10-11H2. The zero-order chi connectivity index (χ0) is 12.8. The summed E-state index contributed by atoms with van der Waals surface area (Å²) in [5, 5.41) is 0. The molecule has 92 valence electrons. The topological polar surface area (TPSA) is 20.3 Å². The molecular formula is C17H13NO. The predicted octanol–water partition coefficient (Wildman–Crippen LogP) is 3.01. The Morgan fingerprint density at radius 3 is 2.95 bits per heavy atom. The molecule has 0 spiro atoms. The quantitative estimate of drug-likeness (QED) is 0.702. The van der Waals surface area contributed by atoms with Crippen LogP contribution >= 0.6 is 0 Å². The molecule has 1 aromatic rings. The van der Waals surface area contributed by atoms with Crippen LogP contribution in [0.15, 0.2) is 71.6 Å². The van der Waals surface area contributed by atoms with Crippen LogP contribution in [0.4, 0.5) is 0 Å². The molecule has 1 aliphatic carbocycles. The number of nitrogens with zero attached hydrogens (tertiary/aromatic N) is 1. The van der Waals surface area contributed by atoms with E-state index in [1.54, 1.807) is 0 Å². The van der Waals surface area contributed by atoms with Crippen LogP contribution < -0.4 is 0 Å². The van der Waals surface area contributed by atoms with Crippen molar-refractivity contribution in [2.24, 2.45) is 0 Å². The molecule has 3 aliphatic rings. The van der Waals surface area contributed by atoms with E-state index in [4.69, 9.17) is 0 Å². The fourth-order valence-electron chi connectivity index (χ4n) is 2.97. The minimum Gasteiger partial charge on any atom is -0.334 e. The highest BCUT2D eigenvalue weighted by Gasteiger charge is 2.31. The monoisotopic (exact) mass is 247 g/mol. The molecule has 0 atom stereocenters. The van der Waals surface area contributed by atoms with Crippen molar-refractivity contribution in [1.29, 1.82) is 0 Å². The van der Waals surface area contributed by atoms with E-state index in [0.29, 0.717) is 0 Å². The number of fused-ring (bicyclic) bond motifs is 3. The number of hydrogen-bond donors (Lipinski definition) is 0. The number of allylic oxidation sites excluding steroid dienone is 6. The Morgan fingerprint density at radius 1 is 1.11 bits per heavy atom. The molecule has 0 bridgehead atoms. The van der Waals surface area contributed by atoms with Crippen LogP contribution in [-0.4, -0.2) is 17.2 Å². The lowest BCUT2D eigenvalue weighted by atomic mass is 9.85. The first-order valence-electron chi connectivity index (χ1n) is 6.53. The van der Waals surface area contributed by atoms with Crippen LogP contribution in [0.5, 0.6) is 0 Å². The lowest BCUT2D eigenvalue weighted by molar-refractivity contribution is 0.0997. The van der Waals surface area contributed by atoms with Crippen molar-refractivity contribution in [3.8, 4) is 0 Å². The van der Waals surface area contributed by atoms with Crippen LogP contribution in [0.2, 0.25) is 0 Å². The van der Waals surface area contributed by atoms with Crippen molar-refractivity contribution in [3.05, 3.63) is 82.7 Å². The zero-order valence-electron chi connectivity index (χ0n) is 10.5. The highest BCUT2D eigenvalue weighted by Crippen LogP contribution is 2.34. The molecule has 2 heterocycles. The van der Waals surface area contributed by atoms with Crippen LogP contribution in [0, 0.1) is 0 Å². The van der Waals surface area contributed by atoms with E-state index in [9.17, 15) is 4.79 Å². The van der Waals surface area contributed by atoms with Crippen molar-refractivity contribution in [3.63, 3.8) is 0 Å². The zero-order valence-corrected chi connectivity index (χ0v) is 10.5. The summed E-state index contributed by atoms with van der Waals surface area (Å²) in [4.78, 5) is 14.8. The van der Waals surface area contributed by atoms with Gasteiger partial charge in [0.05, 0.1) is 5.70 Å². The molecule has 0 amide bonds. The summed E-state index contributed by atoms with van der Waals surface area (Å²) >= 11 is 0. The molecule has 4 rings (SSSR count). The molecule has 0 aromatic heterocycles. The van der Waals surface area contributed by atoms with Gasteiger partial charge in [-0.3, -0.25) is 4.79 Å². The van der Waals surface area contributed by atoms with Gasteiger partial charge < -0.3 is 4.90 Å². The fourth-order valence-corrected chi connectivity index (χ4v) is 2.97. The number of hydrogen-bond acceptors (Lipinski definition) is 2. The SMILES string of the molecule is O=C1C2=C(C=CC3=CC=CCN32)Cc2ccccc21. The number of rotatable bonds is 0. The van der Waals surface area contributed by atoms with Gasteiger partial charge in [-0.15, -0.1) is 0 Å². The van der Waals surface area contributed by atoms with Gasteiger partial charge in [-0.05, 0) is 23.3 Å². The molecule has 0 fully saturated rings. The third-order valence-electron chi connectivity index (χ3n) is 3.89. The molecule has 0 saturated heterocycles. The maximum absolute atomic E-state index is 12.7. The van der Waals surface area contributed by atoms with Crippen molar-refractivity contribution in [1.82, 2.24) is 4.90 Å². The molecule has 2 heteroatoms. The van der Waals surface area contributed by atoms with Crippen LogP contribution in [0.3, 0.4) is 0 Å². The molecule has 0 saturated carbocycles. The molecule has 0 radical (unpaired) electrons. The van der Waals surface area contributed by atoms with Gasteiger partial charge in [0.2, 0.25) is 5.78 Å². The Balaban J connectivity index is 1.87. The lowest BCUT2D eigenvalue weighted by Gasteiger charge is -2.35. The largest absolute Gasteiger partial charge is 0.334 e.